The number of unbranched alkanes of at least 4 members (excludes halogenated alkanes) is 1. The van der Waals surface area contributed by atoms with E-state index in [-0.39, 0.29) is 5.91 Å². The second kappa shape index (κ2) is 6.85. The molecule has 15 heavy (non-hydrogen) atoms. The van der Waals surface area contributed by atoms with Gasteiger partial charge in [0, 0.05) is 25.9 Å². The molecule has 0 aliphatic heterocycles. The summed E-state index contributed by atoms with van der Waals surface area (Å²) in [6, 6.07) is 2.05. The molecular weight excluding hydrogens is 230 g/mol. The fourth-order valence-electron chi connectivity index (χ4n) is 1.31. The van der Waals surface area contributed by atoms with Gasteiger partial charge < -0.3 is 4.90 Å². The van der Waals surface area contributed by atoms with Gasteiger partial charge in [-0.3, -0.25) is 4.79 Å². The molecule has 4 heteroatoms. The van der Waals surface area contributed by atoms with Gasteiger partial charge in [-0.25, -0.2) is 0 Å². The van der Waals surface area contributed by atoms with Gasteiger partial charge in [-0.05, 0) is 35.2 Å². The maximum absolute atomic E-state index is 11.6. The predicted molar refractivity (Wildman–Crippen MR) is 65.4 cm³/mol. The number of carbonyl (C=O) groups is 1. The van der Waals surface area contributed by atoms with Crippen LogP contribution in [-0.4, -0.2) is 23.7 Å². The molecule has 0 atom stereocenters. The molecular formula is C11H16ClNOS. The van der Waals surface area contributed by atoms with Crippen molar-refractivity contribution in [1.29, 1.82) is 0 Å². The zero-order valence-electron chi connectivity index (χ0n) is 8.91. The summed E-state index contributed by atoms with van der Waals surface area (Å²) in [5.74, 6) is 0.841. The second-order valence-electron chi connectivity index (χ2n) is 3.53. The quantitative estimate of drug-likeness (QED) is 0.557. The summed E-state index contributed by atoms with van der Waals surface area (Å²) in [5.41, 5.74) is 1.20. The lowest BCUT2D eigenvalue weighted by atomic mass is 10.2. The van der Waals surface area contributed by atoms with Crippen molar-refractivity contribution in [3.63, 3.8) is 0 Å². The Morgan fingerprint density at radius 2 is 2.33 bits per heavy atom. The van der Waals surface area contributed by atoms with E-state index in [0.717, 1.165) is 12.8 Å². The zero-order valence-corrected chi connectivity index (χ0v) is 10.5. The van der Waals surface area contributed by atoms with E-state index in [1.165, 1.54) is 5.56 Å². The van der Waals surface area contributed by atoms with E-state index < -0.39 is 0 Å². The van der Waals surface area contributed by atoms with Crippen LogP contribution in [0.15, 0.2) is 16.8 Å². The van der Waals surface area contributed by atoms with Gasteiger partial charge in [-0.2, -0.15) is 11.3 Å². The lowest BCUT2D eigenvalue weighted by Gasteiger charge is -2.16. The van der Waals surface area contributed by atoms with Crippen LogP contribution < -0.4 is 0 Å². The third-order valence-corrected chi connectivity index (χ3v) is 3.20. The van der Waals surface area contributed by atoms with Crippen molar-refractivity contribution in [2.45, 2.75) is 25.8 Å². The SMILES string of the molecule is CN(Cc1ccsc1)C(=O)CCCCCl. The highest BCUT2D eigenvalue weighted by Crippen LogP contribution is 2.10. The topological polar surface area (TPSA) is 20.3 Å². The van der Waals surface area contributed by atoms with Crippen molar-refractivity contribution in [1.82, 2.24) is 4.90 Å². The standard InChI is InChI=1S/C11H16ClNOS/c1-13(8-10-5-7-15-9-10)11(14)4-2-3-6-12/h5,7,9H,2-4,6,8H2,1H3. The predicted octanol–water partition coefficient (Wildman–Crippen LogP) is 3.12. The van der Waals surface area contributed by atoms with E-state index in [0.29, 0.717) is 18.8 Å². The molecule has 1 aromatic heterocycles. The number of nitrogens with zero attached hydrogens (tertiary/aromatic N) is 1. The smallest absolute Gasteiger partial charge is 0.222 e. The number of alkyl halides is 1. The number of halogens is 1. The lowest BCUT2D eigenvalue weighted by Crippen LogP contribution is -2.25. The van der Waals surface area contributed by atoms with Crippen molar-refractivity contribution in [2.75, 3.05) is 12.9 Å². The van der Waals surface area contributed by atoms with Crippen molar-refractivity contribution in [3.8, 4) is 0 Å². The Morgan fingerprint density at radius 3 is 2.93 bits per heavy atom. The van der Waals surface area contributed by atoms with Crippen LogP contribution in [0, 0.1) is 0 Å². The van der Waals surface area contributed by atoms with E-state index in [4.69, 9.17) is 11.6 Å². The summed E-state index contributed by atoms with van der Waals surface area (Å²) in [6.45, 7) is 0.712. The summed E-state index contributed by atoms with van der Waals surface area (Å²) < 4.78 is 0. The van der Waals surface area contributed by atoms with Gasteiger partial charge >= 0.3 is 0 Å². The van der Waals surface area contributed by atoms with Crippen LogP contribution in [0.5, 0.6) is 0 Å². The number of rotatable bonds is 6. The number of hydrogen-bond donors (Lipinski definition) is 0. The van der Waals surface area contributed by atoms with Crippen LogP contribution in [0.1, 0.15) is 24.8 Å². The maximum Gasteiger partial charge on any atom is 0.222 e. The van der Waals surface area contributed by atoms with E-state index >= 15 is 0 Å². The molecule has 1 heterocycles. The van der Waals surface area contributed by atoms with Crippen molar-refractivity contribution in [2.24, 2.45) is 0 Å². The van der Waals surface area contributed by atoms with Gasteiger partial charge in [0.1, 0.15) is 0 Å². The van der Waals surface area contributed by atoms with Crippen molar-refractivity contribution < 1.29 is 4.79 Å². The largest absolute Gasteiger partial charge is 0.341 e. The Kier molecular flexibility index (Phi) is 5.73. The van der Waals surface area contributed by atoms with E-state index in [1.54, 1.807) is 16.2 Å². The van der Waals surface area contributed by atoms with Gasteiger partial charge in [-0.1, -0.05) is 0 Å². The summed E-state index contributed by atoms with van der Waals surface area (Å²) in [6.07, 6.45) is 2.41. The Morgan fingerprint density at radius 1 is 1.53 bits per heavy atom. The first-order chi connectivity index (χ1) is 7.24. The normalized spacial score (nSPS) is 10.3. The average Bonchev–Trinajstić information content (AvgIpc) is 2.70. The van der Waals surface area contributed by atoms with Gasteiger partial charge in [0.15, 0.2) is 0 Å². The molecule has 1 aromatic rings. The summed E-state index contributed by atoms with van der Waals surface area (Å²) >= 11 is 7.22. The molecule has 84 valence electrons. The van der Waals surface area contributed by atoms with Crippen LogP contribution in [0.3, 0.4) is 0 Å². The first kappa shape index (κ1) is 12.5. The minimum atomic E-state index is 0.200. The molecule has 0 unspecified atom stereocenters. The highest BCUT2D eigenvalue weighted by atomic mass is 35.5. The third kappa shape index (κ3) is 4.67. The van der Waals surface area contributed by atoms with Crippen LogP contribution in [0.4, 0.5) is 0 Å². The highest BCUT2D eigenvalue weighted by molar-refractivity contribution is 7.07. The summed E-state index contributed by atoms with van der Waals surface area (Å²) in [7, 11) is 1.85. The van der Waals surface area contributed by atoms with Gasteiger partial charge in [-0.15, -0.1) is 11.6 Å². The molecule has 0 N–H and O–H groups in total. The first-order valence-corrected chi connectivity index (χ1v) is 6.52. The van der Waals surface area contributed by atoms with E-state index in [1.807, 2.05) is 18.5 Å². The van der Waals surface area contributed by atoms with Crippen LogP contribution in [-0.2, 0) is 11.3 Å². The fraction of sp³-hybridized carbons (Fsp3) is 0.545. The highest BCUT2D eigenvalue weighted by Gasteiger charge is 2.08. The lowest BCUT2D eigenvalue weighted by molar-refractivity contribution is -0.130. The van der Waals surface area contributed by atoms with Crippen molar-refractivity contribution in [3.05, 3.63) is 22.4 Å². The second-order valence-corrected chi connectivity index (χ2v) is 4.69. The van der Waals surface area contributed by atoms with Gasteiger partial charge in [0.05, 0.1) is 0 Å². The minimum Gasteiger partial charge on any atom is -0.341 e. The summed E-state index contributed by atoms with van der Waals surface area (Å²) in [5, 5.41) is 4.10. The molecule has 2 nitrogen and oxygen atoms in total. The Hall–Kier alpha value is -0.540. The van der Waals surface area contributed by atoms with E-state index in [2.05, 4.69) is 5.38 Å². The molecule has 0 radical (unpaired) electrons. The van der Waals surface area contributed by atoms with Gasteiger partial charge in [0.25, 0.3) is 0 Å². The number of thiophene rings is 1. The fourth-order valence-corrected chi connectivity index (χ4v) is 2.16. The molecule has 0 bridgehead atoms. The van der Waals surface area contributed by atoms with Crippen LogP contribution in [0.25, 0.3) is 0 Å². The first-order valence-electron chi connectivity index (χ1n) is 5.05. The Labute approximate surface area is 99.9 Å². The molecule has 0 aliphatic rings. The minimum absolute atomic E-state index is 0.200. The monoisotopic (exact) mass is 245 g/mol. The zero-order chi connectivity index (χ0) is 11.1. The molecule has 0 spiro atoms. The average molecular weight is 246 g/mol. The van der Waals surface area contributed by atoms with Crippen LogP contribution in [0.2, 0.25) is 0 Å². The van der Waals surface area contributed by atoms with E-state index in [9.17, 15) is 4.79 Å². The maximum atomic E-state index is 11.6. The molecule has 0 saturated heterocycles. The third-order valence-electron chi connectivity index (χ3n) is 2.20. The molecule has 1 amide bonds. The number of hydrogen-bond acceptors (Lipinski definition) is 2. The number of amides is 1. The van der Waals surface area contributed by atoms with Crippen molar-refractivity contribution >= 4 is 28.8 Å². The molecule has 1 rings (SSSR count). The molecule has 0 saturated carbocycles. The molecule has 0 aliphatic carbocycles. The van der Waals surface area contributed by atoms with Gasteiger partial charge in [0.2, 0.25) is 5.91 Å². The Bertz CT molecular complexity index is 287. The molecule has 0 aromatic carbocycles. The Balaban J connectivity index is 2.27. The van der Waals surface area contributed by atoms with Crippen LogP contribution >= 0.6 is 22.9 Å². The number of carbonyl (C=O) groups excluding carboxylic acids is 1. The molecule has 0 fully saturated rings. The summed E-state index contributed by atoms with van der Waals surface area (Å²) in [4.78, 5) is 13.4.